The smallest absolute Gasteiger partial charge is 0.259 e. The van der Waals surface area contributed by atoms with Crippen molar-refractivity contribution in [3.05, 3.63) is 62.8 Å². The first-order chi connectivity index (χ1) is 10.6. The SMILES string of the molecule is O=C(CNc1ccc(Br)cc1Br)N/N=C\c1ccccc1F. The number of nitrogens with one attached hydrogen (secondary N) is 2. The molecule has 0 saturated heterocycles. The molecule has 0 saturated carbocycles. The molecule has 2 aromatic rings. The quantitative estimate of drug-likeness (QED) is 0.560. The van der Waals surface area contributed by atoms with E-state index >= 15 is 0 Å². The summed E-state index contributed by atoms with van der Waals surface area (Å²) in [7, 11) is 0. The van der Waals surface area contributed by atoms with E-state index in [1.54, 1.807) is 18.2 Å². The zero-order chi connectivity index (χ0) is 15.9. The van der Waals surface area contributed by atoms with Crippen LogP contribution in [0, 0.1) is 5.82 Å². The van der Waals surface area contributed by atoms with Crippen molar-refractivity contribution in [2.75, 3.05) is 11.9 Å². The van der Waals surface area contributed by atoms with Gasteiger partial charge in [0.1, 0.15) is 5.82 Å². The van der Waals surface area contributed by atoms with Gasteiger partial charge in [-0.3, -0.25) is 4.79 Å². The third kappa shape index (κ3) is 4.92. The number of hydrazone groups is 1. The fourth-order valence-electron chi connectivity index (χ4n) is 1.60. The molecule has 2 aromatic carbocycles. The predicted molar refractivity (Wildman–Crippen MR) is 92.5 cm³/mol. The fraction of sp³-hybridized carbons (Fsp3) is 0.0667. The summed E-state index contributed by atoms with van der Waals surface area (Å²) >= 11 is 6.74. The zero-order valence-corrected chi connectivity index (χ0v) is 14.5. The van der Waals surface area contributed by atoms with Crippen molar-refractivity contribution >= 4 is 49.7 Å². The molecule has 0 spiro atoms. The Kier molecular flexibility index (Phi) is 6.09. The summed E-state index contributed by atoms with van der Waals surface area (Å²) in [6.45, 7) is 0.0504. The van der Waals surface area contributed by atoms with Gasteiger partial charge in [-0.05, 0) is 40.2 Å². The first-order valence-electron chi connectivity index (χ1n) is 6.31. The highest BCUT2D eigenvalue weighted by atomic mass is 79.9. The van der Waals surface area contributed by atoms with Gasteiger partial charge in [-0.2, -0.15) is 5.10 Å². The Morgan fingerprint density at radius 2 is 2.00 bits per heavy atom. The number of halogens is 3. The van der Waals surface area contributed by atoms with Crippen LogP contribution in [-0.4, -0.2) is 18.7 Å². The van der Waals surface area contributed by atoms with Crippen LogP contribution in [0.5, 0.6) is 0 Å². The number of anilines is 1. The Balaban J connectivity index is 1.84. The van der Waals surface area contributed by atoms with E-state index in [2.05, 4.69) is 47.7 Å². The molecule has 4 nitrogen and oxygen atoms in total. The minimum absolute atomic E-state index is 0.0504. The molecule has 0 unspecified atom stereocenters. The third-order valence-corrected chi connectivity index (χ3v) is 3.82. The number of carbonyl (C=O) groups is 1. The number of hydrogen-bond donors (Lipinski definition) is 2. The monoisotopic (exact) mass is 427 g/mol. The van der Waals surface area contributed by atoms with Crippen LogP contribution in [0.4, 0.5) is 10.1 Å². The average Bonchev–Trinajstić information content (AvgIpc) is 2.48. The highest BCUT2D eigenvalue weighted by molar-refractivity contribution is 9.11. The lowest BCUT2D eigenvalue weighted by molar-refractivity contribution is -0.119. The van der Waals surface area contributed by atoms with Gasteiger partial charge in [0.25, 0.3) is 5.91 Å². The molecular weight excluding hydrogens is 417 g/mol. The molecule has 0 aliphatic heterocycles. The van der Waals surface area contributed by atoms with Crippen molar-refractivity contribution in [2.45, 2.75) is 0 Å². The maximum absolute atomic E-state index is 13.3. The molecule has 2 N–H and O–H groups in total. The molecule has 0 fully saturated rings. The molecule has 7 heteroatoms. The molecule has 0 radical (unpaired) electrons. The van der Waals surface area contributed by atoms with Gasteiger partial charge in [0, 0.05) is 20.2 Å². The van der Waals surface area contributed by atoms with Gasteiger partial charge in [0.05, 0.1) is 12.8 Å². The van der Waals surface area contributed by atoms with Crippen molar-refractivity contribution in [1.29, 1.82) is 0 Å². The van der Waals surface area contributed by atoms with Crippen LogP contribution < -0.4 is 10.7 Å². The van der Waals surface area contributed by atoms with E-state index in [0.717, 1.165) is 14.6 Å². The second kappa shape index (κ2) is 8.05. The van der Waals surface area contributed by atoms with Gasteiger partial charge in [0.15, 0.2) is 0 Å². The summed E-state index contributed by atoms with van der Waals surface area (Å²) in [5, 5.41) is 6.70. The number of hydrogen-bond acceptors (Lipinski definition) is 3. The largest absolute Gasteiger partial charge is 0.375 e. The van der Waals surface area contributed by atoms with Gasteiger partial charge >= 0.3 is 0 Å². The normalized spacial score (nSPS) is 10.7. The van der Waals surface area contributed by atoms with Crippen LogP contribution >= 0.6 is 31.9 Å². The molecule has 0 atom stereocenters. The summed E-state index contributed by atoms with van der Waals surface area (Å²) in [6.07, 6.45) is 1.27. The number of carbonyl (C=O) groups excluding carboxylic acids is 1. The van der Waals surface area contributed by atoms with Crippen LogP contribution in [0.25, 0.3) is 0 Å². The van der Waals surface area contributed by atoms with Crippen LogP contribution in [0.2, 0.25) is 0 Å². The Hall–Kier alpha value is -1.73. The van der Waals surface area contributed by atoms with E-state index in [-0.39, 0.29) is 12.5 Å². The second-order valence-corrected chi connectivity index (χ2v) is 6.06. The molecule has 2 rings (SSSR count). The summed E-state index contributed by atoms with van der Waals surface area (Å²) in [6, 6.07) is 11.8. The first kappa shape index (κ1) is 16.6. The molecular formula is C15H12Br2FN3O. The number of nitrogens with zero attached hydrogens (tertiary/aromatic N) is 1. The van der Waals surface area contributed by atoms with E-state index < -0.39 is 5.82 Å². The van der Waals surface area contributed by atoms with Crippen molar-refractivity contribution in [3.8, 4) is 0 Å². The summed E-state index contributed by atoms with van der Waals surface area (Å²) in [4.78, 5) is 11.7. The second-order valence-electron chi connectivity index (χ2n) is 4.29. The first-order valence-corrected chi connectivity index (χ1v) is 7.90. The lowest BCUT2D eigenvalue weighted by Gasteiger charge is -2.07. The van der Waals surface area contributed by atoms with Gasteiger partial charge < -0.3 is 5.32 Å². The molecule has 0 aromatic heterocycles. The van der Waals surface area contributed by atoms with Gasteiger partial charge in [-0.25, -0.2) is 9.82 Å². The molecule has 0 bridgehead atoms. The van der Waals surface area contributed by atoms with Gasteiger partial charge in [-0.15, -0.1) is 0 Å². The van der Waals surface area contributed by atoms with Crippen molar-refractivity contribution in [2.24, 2.45) is 5.10 Å². The maximum atomic E-state index is 13.3. The van der Waals surface area contributed by atoms with E-state index in [1.165, 1.54) is 12.3 Å². The van der Waals surface area contributed by atoms with E-state index in [1.807, 2.05) is 18.2 Å². The third-order valence-electron chi connectivity index (χ3n) is 2.67. The fourth-order valence-corrected chi connectivity index (χ4v) is 2.79. The van der Waals surface area contributed by atoms with E-state index in [9.17, 15) is 9.18 Å². The van der Waals surface area contributed by atoms with Gasteiger partial charge in [-0.1, -0.05) is 34.1 Å². The number of rotatable bonds is 5. The Morgan fingerprint density at radius 1 is 1.23 bits per heavy atom. The lowest BCUT2D eigenvalue weighted by atomic mass is 10.2. The Bertz CT molecular complexity index is 707. The van der Waals surface area contributed by atoms with Crippen LogP contribution in [0.15, 0.2) is 56.5 Å². The van der Waals surface area contributed by atoms with Crippen molar-refractivity contribution < 1.29 is 9.18 Å². The van der Waals surface area contributed by atoms with E-state index in [0.29, 0.717) is 5.56 Å². The van der Waals surface area contributed by atoms with Crippen LogP contribution in [0.3, 0.4) is 0 Å². The zero-order valence-electron chi connectivity index (χ0n) is 11.3. The molecule has 0 aliphatic carbocycles. The molecule has 1 amide bonds. The van der Waals surface area contributed by atoms with Crippen LogP contribution in [-0.2, 0) is 4.79 Å². The van der Waals surface area contributed by atoms with E-state index in [4.69, 9.17) is 0 Å². The Labute approximate surface area is 144 Å². The molecule has 114 valence electrons. The van der Waals surface area contributed by atoms with Gasteiger partial charge in [0.2, 0.25) is 0 Å². The van der Waals surface area contributed by atoms with Crippen molar-refractivity contribution in [3.63, 3.8) is 0 Å². The van der Waals surface area contributed by atoms with Crippen LogP contribution in [0.1, 0.15) is 5.56 Å². The van der Waals surface area contributed by atoms with Crippen molar-refractivity contribution in [1.82, 2.24) is 5.43 Å². The summed E-state index contributed by atoms with van der Waals surface area (Å²) in [5.74, 6) is -0.722. The predicted octanol–water partition coefficient (Wildman–Crippen LogP) is 3.91. The average molecular weight is 429 g/mol. The lowest BCUT2D eigenvalue weighted by Crippen LogP contribution is -2.26. The maximum Gasteiger partial charge on any atom is 0.259 e. The number of benzene rings is 2. The number of amides is 1. The Morgan fingerprint density at radius 3 is 2.73 bits per heavy atom. The highest BCUT2D eigenvalue weighted by Gasteiger charge is 2.03. The molecule has 22 heavy (non-hydrogen) atoms. The standard InChI is InChI=1S/C15H12Br2FN3O/c16-11-5-6-14(12(17)7-11)19-9-15(22)21-20-8-10-3-1-2-4-13(10)18/h1-8,19H,9H2,(H,21,22)/b20-8-. The highest BCUT2D eigenvalue weighted by Crippen LogP contribution is 2.25. The summed E-state index contributed by atoms with van der Waals surface area (Å²) in [5.41, 5.74) is 3.44. The molecule has 0 heterocycles. The minimum Gasteiger partial charge on any atom is -0.375 e. The topological polar surface area (TPSA) is 53.5 Å². The summed E-state index contributed by atoms with van der Waals surface area (Å²) < 4.78 is 15.1. The minimum atomic E-state index is -0.391. The molecule has 0 aliphatic rings.